The second-order valence-electron chi connectivity index (χ2n) is 3.56. The molecule has 1 heterocycles. The first-order valence-electron chi connectivity index (χ1n) is 5.49. The number of ether oxygens (including phenoxy) is 3. The van der Waals surface area contributed by atoms with Gasteiger partial charge in [-0.2, -0.15) is 0 Å². The third-order valence-corrected chi connectivity index (χ3v) is 2.39. The number of hydrogen-bond acceptors (Lipinski definition) is 7. The average molecular weight is 268 g/mol. The van der Waals surface area contributed by atoms with Gasteiger partial charge in [0.2, 0.25) is 5.88 Å². The van der Waals surface area contributed by atoms with Crippen LogP contribution in [0.5, 0.6) is 5.88 Å². The van der Waals surface area contributed by atoms with E-state index in [9.17, 15) is 9.59 Å². The lowest BCUT2D eigenvalue weighted by Crippen LogP contribution is -2.35. The van der Waals surface area contributed by atoms with Crippen molar-refractivity contribution in [2.24, 2.45) is 0 Å². The van der Waals surface area contributed by atoms with Crippen LogP contribution in [0, 0.1) is 0 Å². The van der Waals surface area contributed by atoms with E-state index in [1.54, 1.807) is 12.1 Å². The van der Waals surface area contributed by atoms with Gasteiger partial charge in [-0.25, -0.2) is 4.98 Å². The molecule has 0 saturated heterocycles. The molecule has 0 atom stereocenters. The molecule has 0 aliphatic rings. The predicted octanol–water partition coefficient (Wildman–Crippen LogP) is 0.243. The maximum absolute atomic E-state index is 11.4. The summed E-state index contributed by atoms with van der Waals surface area (Å²) >= 11 is 0. The molecule has 0 N–H and O–H groups in total. The molecule has 0 aliphatic heterocycles. The summed E-state index contributed by atoms with van der Waals surface area (Å²) in [4.78, 5) is 28.2. The number of esters is 2. The minimum Gasteiger partial charge on any atom is -0.481 e. The van der Waals surface area contributed by atoms with E-state index in [0.29, 0.717) is 11.6 Å². The number of carbonyl (C=O) groups is 2. The fourth-order valence-corrected chi connectivity index (χ4v) is 1.39. The Balaban J connectivity index is 2.92. The van der Waals surface area contributed by atoms with Crippen LogP contribution in [0.15, 0.2) is 18.3 Å². The third kappa shape index (κ3) is 4.46. The van der Waals surface area contributed by atoms with E-state index in [2.05, 4.69) is 14.5 Å². The van der Waals surface area contributed by atoms with Crippen LogP contribution >= 0.6 is 0 Å². The van der Waals surface area contributed by atoms with Crippen molar-refractivity contribution < 1.29 is 23.8 Å². The topological polar surface area (TPSA) is 78.0 Å². The van der Waals surface area contributed by atoms with Gasteiger partial charge in [-0.05, 0) is 6.07 Å². The Bertz CT molecular complexity index is 432. The van der Waals surface area contributed by atoms with Crippen LogP contribution in [0.4, 0.5) is 5.69 Å². The molecule has 0 aromatic carbocycles. The lowest BCUT2D eigenvalue weighted by molar-refractivity contribution is -0.140. The summed E-state index contributed by atoms with van der Waals surface area (Å²) in [5.74, 6) is -0.531. The Kier molecular flexibility index (Phi) is 5.59. The highest BCUT2D eigenvalue weighted by Gasteiger charge is 2.16. The van der Waals surface area contributed by atoms with E-state index in [0.717, 1.165) is 0 Å². The van der Waals surface area contributed by atoms with Gasteiger partial charge in [-0.3, -0.25) is 9.59 Å². The van der Waals surface area contributed by atoms with E-state index in [-0.39, 0.29) is 13.1 Å². The third-order valence-electron chi connectivity index (χ3n) is 2.39. The number of aromatic nitrogens is 1. The normalized spacial score (nSPS) is 9.63. The van der Waals surface area contributed by atoms with Crippen LogP contribution in [-0.2, 0) is 19.1 Å². The van der Waals surface area contributed by atoms with Gasteiger partial charge in [0.15, 0.2) is 0 Å². The predicted molar refractivity (Wildman–Crippen MR) is 67.0 cm³/mol. The summed E-state index contributed by atoms with van der Waals surface area (Å²) in [6.45, 7) is -0.141. The summed E-state index contributed by atoms with van der Waals surface area (Å²) in [7, 11) is 4.05. The second kappa shape index (κ2) is 7.20. The average Bonchev–Trinajstić information content (AvgIpc) is 2.46. The van der Waals surface area contributed by atoms with Gasteiger partial charge >= 0.3 is 11.9 Å². The molecule has 0 spiro atoms. The minimum atomic E-state index is -0.459. The fraction of sp³-hybridized carbons (Fsp3) is 0.417. The maximum Gasteiger partial charge on any atom is 0.325 e. The summed E-state index contributed by atoms with van der Waals surface area (Å²) in [5.41, 5.74) is 0.614. The van der Waals surface area contributed by atoms with Crippen LogP contribution in [0.25, 0.3) is 0 Å². The zero-order valence-electron chi connectivity index (χ0n) is 11.1. The quantitative estimate of drug-likeness (QED) is 0.684. The molecule has 1 aromatic rings. The molecule has 0 saturated carbocycles. The molecule has 7 heteroatoms. The first kappa shape index (κ1) is 14.7. The Labute approximate surface area is 111 Å². The fourth-order valence-electron chi connectivity index (χ4n) is 1.39. The molecule has 0 unspecified atom stereocenters. The number of hydrogen-bond donors (Lipinski definition) is 0. The Morgan fingerprint density at radius 3 is 2.21 bits per heavy atom. The Morgan fingerprint density at radius 2 is 1.74 bits per heavy atom. The van der Waals surface area contributed by atoms with Crippen molar-refractivity contribution in [3.63, 3.8) is 0 Å². The van der Waals surface area contributed by atoms with Crippen LogP contribution in [0.1, 0.15) is 0 Å². The molecule has 7 nitrogen and oxygen atoms in total. The number of methoxy groups -OCH3 is 3. The molecule has 0 amide bonds. The summed E-state index contributed by atoms with van der Waals surface area (Å²) < 4.78 is 14.2. The van der Waals surface area contributed by atoms with Crippen molar-refractivity contribution in [1.29, 1.82) is 0 Å². The van der Waals surface area contributed by atoms with E-state index >= 15 is 0 Å². The standard InChI is InChI=1S/C12H16N2O5/c1-17-10-6-9(4-5-13-10)14(7-11(15)18-2)8-12(16)19-3/h4-6H,7-8H2,1-3H3. The number of rotatable bonds is 6. The largest absolute Gasteiger partial charge is 0.481 e. The van der Waals surface area contributed by atoms with E-state index in [1.165, 1.54) is 32.4 Å². The number of anilines is 1. The Morgan fingerprint density at radius 1 is 1.16 bits per heavy atom. The van der Waals surface area contributed by atoms with Gasteiger partial charge in [-0.1, -0.05) is 0 Å². The van der Waals surface area contributed by atoms with Crippen LogP contribution < -0.4 is 9.64 Å². The van der Waals surface area contributed by atoms with Crippen molar-refractivity contribution in [3.8, 4) is 5.88 Å². The lowest BCUT2D eigenvalue weighted by atomic mass is 10.3. The highest BCUT2D eigenvalue weighted by atomic mass is 16.5. The molecular weight excluding hydrogens is 252 g/mol. The van der Waals surface area contributed by atoms with Gasteiger partial charge in [-0.15, -0.1) is 0 Å². The van der Waals surface area contributed by atoms with Crippen LogP contribution in [0.3, 0.4) is 0 Å². The minimum absolute atomic E-state index is 0.0707. The van der Waals surface area contributed by atoms with E-state index < -0.39 is 11.9 Å². The number of nitrogens with zero attached hydrogens (tertiary/aromatic N) is 2. The Hall–Kier alpha value is -2.31. The van der Waals surface area contributed by atoms with Crippen molar-refractivity contribution >= 4 is 17.6 Å². The first-order valence-corrected chi connectivity index (χ1v) is 5.49. The summed E-state index contributed by atoms with van der Waals surface area (Å²) in [5, 5.41) is 0. The zero-order chi connectivity index (χ0) is 14.3. The van der Waals surface area contributed by atoms with Crippen molar-refractivity contribution in [2.75, 3.05) is 39.3 Å². The molecule has 0 aliphatic carbocycles. The molecule has 0 bridgehead atoms. The van der Waals surface area contributed by atoms with Crippen molar-refractivity contribution in [1.82, 2.24) is 4.98 Å². The van der Waals surface area contributed by atoms with Gasteiger partial charge in [0.05, 0.1) is 21.3 Å². The highest BCUT2D eigenvalue weighted by Crippen LogP contribution is 2.18. The van der Waals surface area contributed by atoms with Crippen molar-refractivity contribution in [3.05, 3.63) is 18.3 Å². The number of carbonyl (C=O) groups excluding carboxylic acids is 2. The highest BCUT2D eigenvalue weighted by molar-refractivity contribution is 5.81. The first-order chi connectivity index (χ1) is 9.10. The van der Waals surface area contributed by atoms with Gasteiger partial charge in [0.1, 0.15) is 13.1 Å². The monoisotopic (exact) mass is 268 g/mol. The van der Waals surface area contributed by atoms with Crippen LogP contribution in [0.2, 0.25) is 0 Å². The summed E-state index contributed by atoms with van der Waals surface area (Å²) in [6, 6.07) is 3.28. The maximum atomic E-state index is 11.4. The van der Waals surface area contributed by atoms with Gasteiger partial charge in [0.25, 0.3) is 0 Å². The van der Waals surface area contributed by atoms with Crippen LogP contribution in [-0.4, -0.2) is 51.3 Å². The van der Waals surface area contributed by atoms with E-state index in [4.69, 9.17) is 4.74 Å². The summed E-state index contributed by atoms with van der Waals surface area (Å²) in [6.07, 6.45) is 1.52. The molecule has 0 fully saturated rings. The molecule has 1 rings (SSSR count). The lowest BCUT2D eigenvalue weighted by Gasteiger charge is -2.22. The number of pyridine rings is 1. The second-order valence-corrected chi connectivity index (χ2v) is 3.56. The SMILES string of the molecule is COC(=O)CN(CC(=O)OC)c1ccnc(OC)c1. The molecule has 0 radical (unpaired) electrons. The smallest absolute Gasteiger partial charge is 0.325 e. The molecular formula is C12H16N2O5. The van der Waals surface area contributed by atoms with Gasteiger partial charge < -0.3 is 19.1 Å². The van der Waals surface area contributed by atoms with Gasteiger partial charge in [0, 0.05) is 18.0 Å². The molecule has 104 valence electrons. The van der Waals surface area contributed by atoms with Crippen molar-refractivity contribution in [2.45, 2.75) is 0 Å². The van der Waals surface area contributed by atoms with E-state index in [1.807, 2.05) is 0 Å². The molecule has 1 aromatic heterocycles. The molecule has 19 heavy (non-hydrogen) atoms. The zero-order valence-corrected chi connectivity index (χ0v) is 11.1.